The number of carbonyl (C=O) groups is 1. The molecule has 226 valence electrons. The van der Waals surface area contributed by atoms with E-state index >= 15 is 0 Å². The molecule has 1 aliphatic rings. The molecule has 1 fully saturated rings. The monoisotopic (exact) mass is 584 g/mol. The third kappa shape index (κ3) is 7.14. The van der Waals surface area contributed by atoms with Crippen LogP contribution in [-0.2, 0) is 16.2 Å². The Morgan fingerprint density at radius 2 is 1.88 bits per heavy atom. The number of aromatic nitrogens is 4. The number of hydroxylamine groups is 1. The maximum absolute atomic E-state index is 12.8. The number of amides is 1. The number of aromatic amines is 1. The predicted molar refractivity (Wildman–Crippen MR) is 166 cm³/mol. The van der Waals surface area contributed by atoms with Crippen molar-refractivity contribution in [3.05, 3.63) is 72.3 Å². The lowest BCUT2D eigenvalue weighted by molar-refractivity contribution is -0.131. The van der Waals surface area contributed by atoms with E-state index in [2.05, 4.69) is 46.7 Å². The first kappa shape index (κ1) is 30.0. The Kier molecular flexibility index (Phi) is 9.56. The number of hydrogen-bond donors (Lipinski definition) is 2. The van der Waals surface area contributed by atoms with Crippen molar-refractivity contribution in [1.82, 2.24) is 20.6 Å². The maximum atomic E-state index is 12.8. The van der Waals surface area contributed by atoms with Crippen molar-refractivity contribution in [2.24, 2.45) is 17.8 Å². The second-order valence-corrected chi connectivity index (χ2v) is 11.4. The first-order chi connectivity index (χ1) is 20.8. The normalized spacial score (nSPS) is 18.3. The lowest BCUT2D eigenvalue weighted by Crippen LogP contribution is -2.43. The van der Waals surface area contributed by atoms with Crippen LogP contribution in [0.1, 0.15) is 52.5 Å². The zero-order valence-electron chi connectivity index (χ0n) is 25.4. The number of nitrogens with zero attached hydrogens (tertiary/aromatic N) is 4. The van der Waals surface area contributed by atoms with Gasteiger partial charge in [0.05, 0.1) is 18.9 Å². The van der Waals surface area contributed by atoms with E-state index in [1.54, 1.807) is 14.0 Å². The van der Waals surface area contributed by atoms with Crippen molar-refractivity contribution in [1.29, 1.82) is 0 Å². The molecule has 1 saturated carbocycles. The first-order valence-electron chi connectivity index (χ1n) is 14.8. The number of benzene rings is 3. The molecule has 1 heterocycles. The van der Waals surface area contributed by atoms with Crippen LogP contribution < -0.4 is 19.9 Å². The summed E-state index contributed by atoms with van der Waals surface area (Å²) >= 11 is 0. The molecule has 0 radical (unpaired) electrons. The van der Waals surface area contributed by atoms with Gasteiger partial charge in [-0.15, -0.1) is 5.10 Å². The van der Waals surface area contributed by atoms with Gasteiger partial charge in [-0.25, -0.2) is 5.10 Å². The summed E-state index contributed by atoms with van der Waals surface area (Å²) in [5.41, 5.74) is 3.30. The van der Waals surface area contributed by atoms with E-state index in [-0.39, 0.29) is 12.0 Å². The quantitative estimate of drug-likeness (QED) is 0.181. The van der Waals surface area contributed by atoms with Crippen molar-refractivity contribution in [2.45, 2.75) is 59.6 Å². The van der Waals surface area contributed by atoms with E-state index in [9.17, 15) is 4.79 Å². The molecule has 3 aromatic carbocycles. The van der Waals surface area contributed by atoms with E-state index in [1.807, 2.05) is 66.7 Å². The van der Waals surface area contributed by atoms with Gasteiger partial charge in [-0.3, -0.25) is 9.63 Å². The van der Waals surface area contributed by atoms with E-state index in [0.717, 1.165) is 29.7 Å². The maximum Gasteiger partial charge on any atom is 0.247 e. The molecule has 2 N–H and O–H groups in total. The predicted octanol–water partition coefficient (Wildman–Crippen LogP) is 7.03. The van der Waals surface area contributed by atoms with E-state index in [1.165, 1.54) is 11.5 Å². The highest BCUT2D eigenvalue weighted by molar-refractivity contribution is 5.90. The van der Waals surface area contributed by atoms with E-state index in [0.29, 0.717) is 53.1 Å². The van der Waals surface area contributed by atoms with Crippen LogP contribution in [0.2, 0.25) is 0 Å². The van der Waals surface area contributed by atoms with Crippen molar-refractivity contribution < 1.29 is 19.1 Å². The van der Waals surface area contributed by atoms with Crippen molar-refractivity contribution in [2.75, 3.05) is 17.5 Å². The standard InChI is InChI=1S/C33H40N6O4/c1-21(2)31-22(3)9-6-13-29(31)43-39(23(4)40)27-12-8-11-26(19-27)34-20-25-10-7-14-30(41-5)32(25)42-28-17-15-24(16-18-28)33-35-37-38-36-33/h7-8,10-12,14-19,21-22,29,31,34H,6,9,13,20H2,1-5H3,(H,35,36,37,38). The second kappa shape index (κ2) is 13.7. The molecule has 10 nitrogen and oxygen atoms in total. The van der Waals surface area contributed by atoms with Gasteiger partial charge in [0.1, 0.15) is 5.75 Å². The minimum Gasteiger partial charge on any atom is -0.493 e. The molecule has 0 aliphatic heterocycles. The molecule has 4 aromatic rings. The highest BCUT2D eigenvalue weighted by atomic mass is 16.7. The molecule has 1 amide bonds. The van der Waals surface area contributed by atoms with Crippen LogP contribution in [-0.4, -0.2) is 39.7 Å². The van der Waals surface area contributed by atoms with Gasteiger partial charge in [0, 0.05) is 30.3 Å². The number of ether oxygens (including phenoxy) is 2. The number of H-pyrrole nitrogens is 1. The Bertz CT molecular complexity index is 1490. The van der Waals surface area contributed by atoms with Gasteiger partial charge in [-0.05, 0) is 83.1 Å². The lowest BCUT2D eigenvalue weighted by Gasteiger charge is -2.40. The number of methoxy groups -OCH3 is 1. The molecule has 43 heavy (non-hydrogen) atoms. The molecule has 3 unspecified atom stereocenters. The molecule has 0 bridgehead atoms. The molecule has 0 saturated heterocycles. The lowest BCUT2D eigenvalue weighted by atomic mass is 9.72. The fourth-order valence-corrected chi connectivity index (χ4v) is 6.05. The van der Waals surface area contributed by atoms with Gasteiger partial charge in [0.2, 0.25) is 5.91 Å². The van der Waals surface area contributed by atoms with Gasteiger partial charge in [0.25, 0.3) is 0 Å². The van der Waals surface area contributed by atoms with Crippen molar-refractivity contribution >= 4 is 17.3 Å². The molecular weight excluding hydrogens is 544 g/mol. The highest BCUT2D eigenvalue weighted by Gasteiger charge is 2.36. The number of anilines is 2. The van der Waals surface area contributed by atoms with Gasteiger partial charge >= 0.3 is 0 Å². The number of carbonyl (C=O) groups excluding carboxylic acids is 1. The Balaban J connectivity index is 1.31. The number of rotatable bonds is 11. The molecule has 0 spiro atoms. The fourth-order valence-electron chi connectivity index (χ4n) is 6.05. The third-order valence-electron chi connectivity index (χ3n) is 8.07. The van der Waals surface area contributed by atoms with Crippen molar-refractivity contribution in [3.8, 4) is 28.6 Å². The van der Waals surface area contributed by atoms with Gasteiger partial charge < -0.3 is 14.8 Å². The average molecular weight is 585 g/mol. The zero-order valence-corrected chi connectivity index (χ0v) is 25.4. The largest absolute Gasteiger partial charge is 0.493 e. The summed E-state index contributed by atoms with van der Waals surface area (Å²) in [4.78, 5) is 19.2. The molecular formula is C33H40N6O4. The second-order valence-electron chi connectivity index (χ2n) is 11.4. The molecule has 1 aliphatic carbocycles. The van der Waals surface area contributed by atoms with Crippen LogP contribution in [0.5, 0.6) is 17.2 Å². The Morgan fingerprint density at radius 1 is 1.09 bits per heavy atom. The first-order valence-corrected chi connectivity index (χ1v) is 14.8. The Hall–Kier alpha value is -4.44. The van der Waals surface area contributed by atoms with Crippen LogP contribution >= 0.6 is 0 Å². The summed E-state index contributed by atoms with van der Waals surface area (Å²) < 4.78 is 11.9. The van der Waals surface area contributed by atoms with Crippen LogP contribution in [0.4, 0.5) is 11.4 Å². The fraction of sp³-hybridized carbons (Fsp3) is 0.394. The van der Waals surface area contributed by atoms with E-state index in [4.69, 9.17) is 14.3 Å². The molecule has 10 heteroatoms. The minimum atomic E-state index is -0.146. The van der Waals surface area contributed by atoms with Gasteiger partial charge in [0.15, 0.2) is 17.3 Å². The summed E-state index contributed by atoms with van der Waals surface area (Å²) in [6.45, 7) is 8.80. The minimum absolute atomic E-state index is 0.00207. The smallest absolute Gasteiger partial charge is 0.247 e. The van der Waals surface area contributed by atoms with E-state index < -0.39 is 0 Å². The van der Waals surface area contributed by atoms with Crippen LogP contribution in [0.25, 0.3) is 11.4 Å². The van der Waals surface area contributed by atoms with Gasteiger partial charge in [-0.2, -0.15) is 5.06 Å². The highest BCUT2D eigenvalue weighted by Crippen LogP contribution is 2.39. The summed E-state index contributed by atoms with van der Waals surface area (Å²) in [5, 5.41) is 18.9. The molecule has 3 atom stereocenters. The molecule has 1 aromatic heterocycles. The summed E-state index contributed by atoms with van der Waals surface area (Å²) in [7, 11) is 1.62. The van der Waals surface area contributed by atoms with Crippen LogP contribution in [0.15, 0.2) is 66.7 Å². The Labute approximate surface area is 252 Å². The number of nitrogens with one attached hydrogen (secondary N) is 2. The Morgan fingerprint density at radius 3 is 2.58 bits per heavy atom. The summed E-state index contributed by atoms with van der Waals surface area (Å²) in [6, 6.07) is 21.0. The third-order valence-corrected chi connectivity index (χ3v) is 8.07. The van der Waals surface area contributed by atoms with Crippen LogP contribution in [0.3, 0.4) is 0 Å². The number of para-hydroxylation sites is 1. The topological polar surface area (TPSA) is 114 Å². The van der Waals surface area contributed by atoms with Crippen LogP contribution in [0, 0.1) is 17.8 Å². The average Bonchev–Trinajstić information content (AvgIpc) is 3.55. The number of tetrazole rings is 1. The summed E-state index contributed by atoms with van der Waals surface area (Å²) in [5.74, 6) is 3.75. The number of hydrogen-bond acceptors (Lipinski definition) is 8. The van der Waals surface area contributed by atoms with Gasteiger partial charge in [-0.1, -0.05) is 51.8 Å². The van der Waals surface area contributed by atoms with Crippen molar-refractivity contribution in [3.63, 3.8) is 0 Å². The summed E-state index contributed by atoms with van der Waals surface area (Å²) in [6.07, 6.45) is 3.26. The SMILES string of the molecule is COc1cccc(CNc2cccc(N(OC3CCCC(C)C3C(C)C)C(C)=O)c2)c1Oc1ccc(-c2nnn[nH]2)cc1. The molecule has 5 rings (SSSR count). The zero-order chi connectivity index (χ0) is 30.3.